The average Bonchev–Trinajstić information content (AvgIpc) is 2.31. The number of nitrogens with zero attached hydrogens (tertiary/aromatic N) is 1. The van der Waals surface area contributed by atoms with Crippen LogP contribution in [0.2, 0.25) is 0 Å². The molecular formula is C7H11NOS2. The molecule has 0 bridgehead atoms. The van der Waals surface area contributed by atoms with E-state index in [1.807, 2.05) is 13.8 Å². The van der Waals surface area contributed by atoms with E-state index in [9.17, 15) is 0 Å². The zero-order valence-corrected chi connectivity index (χ0v) is 8.51. The van der Waals surface area contributed by atoms with Crippen molar-refractivity contribution in [2.45, 2.75) is 18.9 Å². The van der Waals surface area contributed by atoms with Crippen molar-refractivity contribution in [1.82, 2.24) is 5.16 Å². The van der Waals surface area contributed by atoms with Crippen LogP contribution >= 0.6 is 23.5 Å². The molecule has 2 nitrogen and oxygen atoms in total. The van der Waals surface area contributed by atoms with Gasteiger partial charge in [-0.25, -0.2) is 0 Å². The van der Waals surface area contributed by atoms with E-state index in [1.165, 1.54) is 5.56 Å². The molecule has 0 aromatic carbocycles. The van der Waals surface area contributed by atoms with Gasteiger partial charge in [-0.1, -0.05) is 16.9 Å². The Kier molecular flexibility index (Phi) is 3.33. The highest BCUT2D eigenvalue weighted by Crippen LogP contribution is 2.25. The molecule has 11 heavy (non-hydrogen) atoms. The molecule has 0 radical (unpaired) electrons. The maximum atomic E-state index is 5.01. The van der Waals surface area contributed by atoms with Gasteiger partial charge in [-0.05, 0) is 20.1 Å². The van der Waals surface area contributed by atoms with Gasteiger partial charge in [-0.15, -0.1) is 0 Å². The first-order chi connectivity index (χ1) is 5.25. The lowest BCUT2D eigenvalue weighted by Crippen LogP contribution is -1.76. The summed E-state index contributed by atoms with van der Waals surface area (Å²) in [4.78, 5) is 0. The van der Waals surface area contributed by atoms with Gasteiger partial charge in [0.2, 0.25) is 0 Å². The monoisotopic (exact) mass is 189 g/mol. The van der Waals surface area contributed by atoms with Gasteiger partial charge in [0.05, 0.1) is 0 Å². The van der Waals surface area contributed by atoms with E-state index in [4.69, 9.17) is 4.52 Å². The second-order valence-electron chi connectivity index (χ2n) is 2.22. The minimum absolute atomic E-state index is 0.925. The van der Waals surface area contributed by atoms with Gasteiger partial charge in [0.1, 0.15) is 10.8 Å². The number of hydrogen-bond donors (Lipinski definition) is 0. The van der Waals surface area contributed by atoms with E-state index in [0.717, 1.165) is 15.9 Å². The van der Waals surface area contributed by atoms with Crippen molar-refractivity contribution in [2.24, 2.45) is 0 Å². The van der Waals surface area contributed by atoms with Crippen molar-refractivity contribution >= 4 is 23.5 Å². The Morgan fingerprint density at radius 1 is 1.45 bits per heavy atom. The normalized spacial score (nSPS) is 10.5. The van der Waals surface area contributed by atoms with Gasteiger partial charge < -0.3 is 4.52 Å². The molecule has 0 saturated carbocycles. The molecule has 0 saturated heterocycles. The fourth-order valence-corrected chi connectivity index (χ4v) is 2.01. The summed E-state index contributed by atoms with van der Waals surface area (Å²) in [5, 5.41) is 5.99. The van der Waals surface area contributed by atoms with E-state index >= 15 is 0 Å². The lowest BCUT2D eigenvalue weighted by molar-refractivity contribution is 0.383. The van der Waals surface area contributed by atoms with Crippen LogP contribution in [0.4, 0.5) is 0 Å². The standard InChI is InChI=1S/C7H11NOS2/c1-5-6(2)9-8-7(5)11-4-10-3/h4H2,1-3H3. The molecule has 1 aromatic rings. The molecule has 0 aliphatic heterocycles. The lowest BCUT2D eigenvalue weighted by atomic mass is 10.3. The average molecular weight is 189 g/mol. The predicted molar refractivity (Wildman–Crippen MR) is 50.2 cm³/mol. The smallest absolute Gasteiger partial charge is 0.143 e. The second kappa shape index (κ2) is 4.07. The number of aryl methyl sites for hydroxylation is 1. The molecule has 1 heterocycles. The van der Waals surface area contributed by atoms with E-state index in [-0.39, 0.29) is 0 Å². The third-order valence-electron chi connectivity index (χ3n) is 1.43. The van der Waals surface area contributed by atoms with Crippen LogP contribution in [0.25, 0.3) is 0 Å². The summed E-state index contributed by atoms with van der Waals surface area (Å²) in [6.45, 7) is 3.97. The van der Waals surface area contributed by atoms with E-state index in [1.54, 1.807) is 23.5 Å². The van der Waals surface area contributed by atoms with Crippen molar-refractivity contribution in [3.63, 3.8) is 0 Å². The van der Waals surface area contributed by atoms with Gasteiger partial charge in [0.25, 0.3) is 0 Å². The maximum Gasteiger partial charge on any atom is 0.143 e. The SMILES string of the molecule is CSCSc1noc(C)c1C. The zero-order chi connectivity index (χ0) is 8.27. The Morgan fingerprint density at radius 3 is 2.64 bits per heavy atom. The Morgan fingerprint density at radius 2 is 2.18 bits per heavy atom. The fourth-order valence-electron chi connectivity index (χ4n) is 0.647. The number of rotatable bonds is 3. The predicted octanol–water partition coefficient (Wildman–Crippen LogP) is 2.70. The Bertz CT molecular complexity index is 234. The maximum absolute atomic E-state index is 5.01. The first-order valence-electron chi connectivity index (χ1n) is 3.30. The molecule has 0 aliphatic carbocycles. The summed E-state index contributed by atoms with van der Waals surface area (Å²) < 4.78 is 5.01. The van der Waals surface area contributed by atoms with Crippen molar-refractivity contribution < 1.29 is 4.52 Å². The van der Waals surface area contributed by atoms with Crippen molar-refractivity contribution in [3.05, 3.63) is 11.3 Å². The summed E-state index contributed by atoms with van der Waals surface area (Å²) in [5.41, 5.74) is 1.17. The van der Waals surface area contributed by atoms with Crippen LogP contribution in [0.1, 0.15) is 11.3 Å². The van der Waals surface area contributed by atoms with Crippen LogP contribution < -0.4 is 0 Å². The Hall–Kier alpha value is -0.0900. The summed E-state index contributed by atoms with van der Waals surface area (Å²) >= 11 is 3.52. The molecule has 62 valence electrons. The van der Waals surface area contributed by atoms with Crippen molar-refractivity contribution in [2.75, 3.05) is 11.3 Å². The number of thioether (sulfide) groups is 2. The van der Waals surface area contributed by atoms with Crippen molar-refractivity contribution in [3.8, 4) is 0 Å². The molecule has 0 unspecified atom stereocenters. The molecular weight excluding hydrogens is 178 g/mol. The van der Waals surface area contributed by atoms with Gasteiger partial charge in [0.15, 0.2) is 0 Å². The summed E-state index contributed by atoms with van der Waals surface area (Å²) in [6, 6.07) is 0. The van der Waals surface area contributed by atoms with E-state index in [0.29, 0.717) is 0 Å². The molecule has 1 rings (SSSR count). The minimum Gasteiger partial charge on any atom is -0.360 e. The Labute approximate surface area is 75.1 Å². The third kappa shape index (κ3) is 2.17. The summed E-state index contributed by atoms with van der Waals surface area (Å²) in [5.74, 6) is 0.925. The van der Waals surface area contributed by atoms with Crippen LogP contribution in [-0.4, -0.2) is 16.5 Å². The summed E-state index contributed by atoms with van der Waals surface area (Å²) in [6.07, 6.45) is 2.08. The quantitative estimate of drug-likeness (QED) is 0.539. The topological polar surface area (TPSA) is 26.0 Å². The van der Waals surface area contributed by atoms with Crippen LogP contribution in [0, 0.1) is 13.8 Å². The van der Waals surface area contributed by atoms with Crippen LogP contribution in [0.5, 0.6) is 0 Å². The zero-order valence-electron chi connectivity index (χ0n) is 6.88. The molecule has 4 heteroatoms. The van der Waals surface area contributed by atoms with Crippen LogP contribution in [0.15, 0.2) is 9.55 Å². The van der Waals surface area contributed by atoms with Crippen LogP contribution in [0.3, 0.4) is 0 Å². The molecule has 0 spiro atoms. The molecule has 1 aromatic heterocycles. The number of hydrogen-bond acceptors (Lipinski definition) is 4. The van der Waals surface area contributed by atoms with Gasteiger partial charge >= 0.3 is 0 Å². The van der Waals surface area contributed by atoms with Gasteiger partial charge in [0, 0.05) is 10.6 Å². The second-order valence-corrected chi connectivity index (χ2v) is 4.42. The van der Waals surface area contributed by atoms with E-state index in [2.05, 4.69) is 11.4 Å². The molecule has 0 aliphatic rings. The van der Waals surface area contributed by atoms with Crippen LogP contribution in [-0.2, 0) is 0 Å². The highest BCUT2D eigenvalue weighted by molar-refractivity contribution is 8.15. The van der Waals surface area contributed by atoms with Gasteiger partial charge in [-0.2, -0.15) is 11.8 Å². The molecule has 0 atom stereocenters. The number of aromatic nitrogens is 1. The molecule has 0 N–H and O–H groups in total. The third-order valence-corrected chi connectivity index (χ3v) is 3.50. The van der Waals surface area contributed by atoms with E-state index < -0.39 is 0 Å². The summed E-state index contributed by atoms with van der Waals surface area (Å²) in [7, 11) is 0. The Balaban J connectivity index is 2.63. The largest absolute Gasteiger partial charge is 0.360 e. The molecule has 0 amide bonds. The first-order valence-corrected chi connectivity index (χ1v) is 5.68. The highest BCUT2D eigenvalue weighted by atomic mass is 32.2. The first kappa shape index (κ1) is 9.00. The minimum atomic E-state index is 0.925. The fraction of sp³-hybridized carbons (Fsp3) is 0.571. The van der Waals surface area contributed by atoms with Gasteiger partial charge in [-0.3, -0.25) is 0 Å². The highest BCUT2D eigenvalue weighted by Gasteiger charge is 2.06. The lowest BCUT2D eigenvalue weighted by Gasteiger charge is -1.92. The molecule has 0 fully saturated rings. The van der Waals surface area contributed by atoms with Crippen molar-refractivity contribution in [1.29, 1.82) is 0 Å².